The van der Waals surface area contributed by atoms with Crippen molar-refractivity contribution >= 4 is 16.7 Å². The molecule has 0 atom stereocenters. The molecule has 0 nitrogen and oxygen atoms in total. The first kappa shape index (κ1) is 8.57. The summed E-state index contributed by atoms with van der Waals surface area (Å²) in [6.45, 7) is 7.96. The molecule has 0 amide bonds. The van der Waals surface area contributed by atoms with Gasteiger partial charge in [-0.2, -0.15) is 0 Å². The Bertz CT molecular complexity index is 53.5. The summed E-state index contributed by atoms with van der Waals surface area (Å²) in [5, 5.41) is 0. The summed E-state index contributed by atoms with van der Waals surface area (Å²) in [6, 6.07) is 0. The Morgan fingerprint density at radius 3 is 1.25 bits per heavy atom. The molecule has 0 saturated heterocycles. The second kappa shape index (κ2) is 3.56. The van der Waals surface area contributed by atoms with Gasteiger partial charge in [0.05, 0.1) is 0 Å². The number of hydrogen-bond donors (Lipinski definition) is 0. The number of hydrogen-bond acceptors (Lipinski definition) is 0. The molecule has 0 aromatic heterocycles. The van der Waals surface area contributed by atoms with Gasteiger partial charge in [0.1, 0.15) is 0 Å². The predicted octanol–water partition coefficient (Wildman–Crippen LogP) is 2.77. The van der Waals surface area contributed by atoms with Crippen LogP contribution in [0.15, 0.2) is 0 Å². The quantitative estimate of drug-likeness (QED) is 0.566. The van der Waals surface area contributed by atoms with Crippen LogP contribution in [0.4, 0.5) is 3.29 Å². The molecule has 0 aromatic carbocycles. The molecule has 0 bridgehead atoms. The summed E-state index contributed by atoms with van der Waals surface area (Å²) in [6.07, 6.45) is 0. The minimum atomic E-state index is -2.28. The van der Waals surface area contributed by atoms with Gasteiger partial charge < -0.3 is 0 Å². The van der Waals surface area contributed by atoms with Crippen molar-refractivity contribution in [2.75, 3.05) is 0 Å². The fourth-order valence-electron chi connectivity index (χ4n) is 0.770. The molecule has 0 aromatic rings. The van der Waals surface area contributed by atoms with Crippen LogP contribution >= 0.6 is 0 Å². The van der Waals surface area contributed by atoms with E-state index in [-0.39, 0.29) is 0 Å². The Morgan fingerprint density at radius 1 is 1.00 bits per heavy atom. The van der Waals surface area contributed by atoms with Crippen molar-refractivity contribution in [2.24, 2.45) is 0 Å². The van der Waals surface area contributed by atoms with Crippen molar-refractivity contribution in [1.82, 2.24) is 0 Å². The molecule has 2 heteroatoms. The van der Waals surface area contributed by atoms with Gasteiger partial charge in [-0.25, -0.2) is 0 Å². The maximum absolute atomic E-state index is 12.8. The summed E-state index contributed by atoms with van der Waals surface area (Å²) in [5.41, 5.74) is 0. The standard InChI is InChI=1S/2C3H7.FH.Ga/c2*1-3-2;;/h2*3H,1-2H3;1H;/q;;;+1/p-1. The molecule has 0 radical (unpaired) electrons. The van der Waals surface area contributed by atoms with E-state index in [9.17, 15) is 3.29 Å². The molecule has 8 heavy (non-hydrogen) atoms. The molecule has 48 valence electrons. The zero-order chi connectivity index (χ0) is 6.73. The van der Waals surface area contributed by atoms with E-state index < -0.39 is 16.7 Å². The van der Waals surface area contributed by atoms with E-state index in [0.717, 1.165) is 0 Å². The van der Waals surface area contributed by atoms with Gasteiger partial charge in [0.25, 0.3) is 0 Å². The van der Waals surface area contributed by atoms with Gasteiger partial charge in [0, 0.05) is 0 Å². The topological polar surface area (TPSA) is 0 Å². The van der Waals surface area contributed by atoms with Crippen LogP contribution in [0, 0.1) is 0 Å². The van der Waals surface area contributed by atoms with Crippen LogP contribution in [0.25, 0.3) is 0 Å². The maximum atomic E-state index is 12.8. The molecule has 0 N–H and O–H groups in total. The van der Waals surface area contributed by atoms with Crippen LogP contribution in [0.1, 0.15) is 27.7 Å². The second-order valence-corrected chi connectivity index (χ2v) is 10.4. The van der Waals surface area contributed by atoms with E-state index >= 15 is 0 Å². The Hall–Kier alpha value is 0.566. The molecule has 0 aliphatic rings. The molecule has 0 saturated carbocycles. The first-order valence-corrected chi connectivity index (χ1v) is 6.91. The fraction of sp³-hybridized carbons (Fsp3) is 1.00. The van der Waals surface area contributed by atoms with Crippen molar-refractivity contribution < 1.29 is 3.29 Å². The van der Waals surface area contributed by atoms with E-state index in [4.69, 9.17) is 0 Å². The van der Waals surface area contributed by atoms with Crippen LogP contribution in [0.3, 0.4) is 0 Å². The summed E-state index contributed by atoms with van der Waals surface area (Å²) >= 11 is -2.28. The molecular formula is C6H14FGa. The van der Waals surface area contributed by atoms with Gasteiger partial charge in [-0.15, -0.1) is 0 Å². The van der Waals surface area contributed by atoms with Gasteiger partial charge >= 0.3 is 56.6 Å². The summed E-state index contributed by atoms with van der Waals surface area (Å²) in [7, 11) is 0. The second-order valence-electron chi connectivity index (χ2n) is 2.93. The molecular weight excluding hydrogens is 161 g/mol. The van der Waals surface area contributed by atoms with Gasteiger partial charge in [0.15, 0.2) is 0 Å². The van der Waals surface area contributed by atoms with Crippen LogP contribution < -0.4 is 0 Å². The van der Waals surface area contributed by atoms with Gasteiger partial charge in [0.2, 0.25) is 0 Å². The van der Waals surface area contributed by atoms with Crippen molar-refractivity contribution in [3.8, 4) is 0 Å². The Balaban J connectivity index is 3.46. The Kier molecular flexibility index (Phi) is 3.82. The molecule has 0 aliphatic carbocycles. The minimum absolute atomic E-state index is 0.363. The van der Waals surface area contributed by atoms with Gasteiger partial charge in [-0.05, 0) is 0 Å². The van der Waals surface area contributed by atoms with Crippen molar-refractivity contribution in [3.63, 3.8) is 0 Å². The third-order valence-corrected chi connectivity index (χ3v) is 6.62. The predicted molar refractivity (Wildman–Crippen MR) is 37.1 cm³/mol. The molecule has 0 unspecified atom stereocenters. The molecule has 0 aliphatic heterocycles. The SMILES string of the molecule is C[CH](C)[Ga]([F])[CH](C)C. The van der Waals surface area contributed by atoms with Gasteiger partial charge in [-0.3, -0.25) is 0 Å². The first-order chi connectivity index (χ1) is 3.55. The number of halogens is 1. The van der Waals surface area contributed by atoms with Crippen LogP contribution in [0.2, 0.25) is 8.94 Å². The van der Waals surface area contributed by atoms with Crippen molar-refractivity contribution in [1.29, 1.82) is 0 Å². The Morgan fingerprint density at radius 2 is 1.25 bits per heavy atom. The molecule has 0 rings (SSSR count). The van der Waals surface area contributed by atoms with E-state index in [1.54, 1.807) is 0 Å². The van der Waals surface area contributed by atoms with E-state index in [0.29, 0.717) is 8.94 Å². The zero-order valence-corrected chi connectivity index (χ0v) is 8.53. The van der Waals surface area contributed by atoms with Gasteiger partial charge in [-0.1, -0.05) is 0 Å². The number of rotatable bonds is 2. The van der Waals surface area contributed by atoms with Crippen LogP contribution in [-0.4, -0.2) is 16.7 Å². The third kappa shape index (κ3) is 2.77. The van der Waals surface area contributed by atoms with Crippen LogP contribution in [0.5, 0.6) is 0 Å². The normalized spacial score (nSPS) is 10.9. The summed E-state index contributed by atoms with van der Waals surface area (Å²) in [4.78, 5) is 0. The molecule has 0 heterocycles. The summed E-state index contributed by atoms with van der Waals surface area (Å²) < 4.78 is 13.6. The first-order valence-electron chi connectivity index (χ1n) is 3.19. The average Bonchev–Trinajstić information content (AvgIpc) is 1.64. The fourth-order valence-corrected chi connectivity index (χ4v) is 4.00. The van der Waals surface area contributed by atoms with Crippen LogP contribution in [-0.2, 0) is 0 Å². The van der Waals surface area contributed by atoms with Crippen molar-refractivity contribution in [2.45, 2.75) is 36.6 Å². The van der Waals surface area contributed by atoms with E-state index in [1.165, 1.54) is 0 Å². The van der Waals surface area contributed by atoms with E-state index in [1.807, 2.05) is 27.7 Å². The Labute approximate surface area is 57.1 Å². The van der Waals surface area contributed by atoms with Crippen molar-refractivity contribution in [3.05, 3.63) is 0 Å². The average molecular weight is 175 g/mol. The third-order valence-electron chi connectivity index (χ3n) is 1.27. The zero-order valence-electron chi connectivity index (χ0n) is 6.11. The van der Waals surface area contributed by atoms with E-state index in [2.05, 4.69) is 0 Å². The molecule has 0 fully saturated rings. The summed E-state index contributed by atoms with van der Waals surface area (Å²) in [5.74, 6) is 0. The molecule has 0 spiro atoms. The monoisotopic (exact) mass is 174 g/mol.